The van der Waals surface area contributed by atoms with Crippen LogP contribution in [0.3, 0.4) is 0 Å². The van der Waals surface area contributed by atoms with Gasteiger partial charge in [-0.15, -0.1) is 0 Å². The molecule has 2 heteroatoms. The Bertz CT molecular complexity index is 20.7. The Hall–Kier alpha value is 0.675. The van der Waals surface area contributed by atoms with E-state index in [1.807, 2.05) is 0 Å². The van der Waals surface area contributed by atoms with Gasteiger partial charge in [-0.05, 0) is 0 Å². The summed E-state index contributed by atoms with van der Waals surface area (Å²) in [6.45, 7) is 6.72. The third kappa shape index (κ3) is 22.5. The quantitative estimate of drug-likeness (QED) is 0.197. The van der Waals surface area contributed by atoms with Gasteiger partial charge in [-0.1, -0.05) is 0 Å². The van der Waals surface area contributed by atoms with E-state index in [0.717, 1.165) is 0 Å². The average molecular weight is 68.0 g/mol. The van der Waals surface area contributed by atoms with Crippen molar-refractivity contribution in [3.63, 3.8) is 0 Å². The molecule has 0 spiro atoms. The van der Waals surface area contributed by atoms with E-state index < -0.39 is 0 Å². The molecule has 0 unspecified atom stereocenters. The molecule has 0 atom stereocenters. The standard InChI is InChI=1S/C4H6.2Li/c1-3-4-2;;/h3-4H,1-2H2;;/q-2;2*+1/b4-3-;;. The Morgan fingerprint density at radius 1 is 0.833 bits per heavy atom. The van der Waals surface area contributed by atoms with Crippen LogP contribution in [0.4, 0.5) is 0 Å². The summed E-state index contributed by atoms with van der Waals surface area (Å²) in [5.74, 6) is 0. The van der Waals surface area contributed by atoms with E-state index in [2.05, 4.69) is 13.8 Å². The third-order valence-corrected chi connectivity index (χ3v) is 0.167. The second-order valence-corrected chi connectivity index (χ2v) is 0.471. The zero-order chi connectivity index (χ0) is 3.41. The van der Waals surface area contributed by atoms with Crippen molar-refractivity contribution in [3.05, 3.63) is 26.0 Å². The Balaban J connectivity index is -0.0000000450. The molecule has 0 bridgehead atoms. The van der Waals surface area contributed by atoms with Crippen molar-refractivity contribution in [1.82, 2.24) is 0 Å². The summed E-state index contributed by atoms with van der Waals surface area (Å²) in [6.07, 6.45) is 3.28. The van der Waals surface area contributed by atoms with E-state index >= 15 is 0 Å². The molecule has 0 aromatic rings. The van der Waals surface area contributed by atoms with Crippen LogP contribution in [0.1, 0.15) is 0 Å². The van der Waals surface area contributed by atoms with Crippen LogP contribution in [0.5, 0.6) is 0 Å². The second-order valence-electron chi connectivity index (χ2n) is 0.471. The largest absolute Gasteiger partial charge is 1.00 e. The van der Waals surface area contributed by atoms with Crippen molar-refractivity contribution in [1.29, 1.82) is 0 Å². The Labute approximate surface area is 63.7 Å². The predicted molar refractivity (Wildman–Crippen MR) is 19.9 cm³/mol. The van der Waals surface area contributed by atoms with Gasteiger partial charge in [0.05, 0.1) is 0 Å². The maximum absolute atomic E-state index is 3.36. The number of allylic oxidation sites excluding steroid dienone is 2. The topological polar surface area (TPSA) is 0 Å². The van der Waals surface area contributed by atoms with Crippen molar-refractivity contribution in [2.45, 2.75) is 0 Å². The molecule has 0 aromatic carbocycles. The first-order chi connectivity index (χ1) is 1.91. The predicted octanol–water partition coefficient (Wildman–Crippen LogP) is -4.78. The normalized spacial score (nSPS) is 6.00. The molecule has 0 radical (unpaired) electrons. The molecular formula is C4H6Li2. The molecule has 0 amide bonds. The molecule has 0 aliphatic carbocycles. The average Bonchev–Trinajstić information content (AvgIpc) is 1.37. The maximum atomic E-state index is 3.36. The fraction of sp³-hybridized carbons (Fsp3) is 0. The van der Waals surface area contributed by atoms with Crippen LogP contribution in [0.15, 0.2) is 12.2 Å². The van der Waals surface area contributed by atoms with E-state index in [9.17, 15) is 0 Å². The number of hydrogen-bond acceptors (Lipinski definition) is 0. The summed E-state index contributed by atoms with van der Waals surface area (Å²) < 4.78 is 0. The van der Waals surface area contributed by atoms with Crippen LogP contribution in [-0.2, 0) is 0 Å². The van der Waals surface area contributed by atoms with Gasteiger partial charge in [0.2, 0.25) is 0 Å². The molecule has 6 heavy (non-hydrogen) atoms. The van der Waals surface area contributed by atoms with Gasteiger partial charge in [0.15, 0.2) is 0 Å². The van der Waals surface area contributed by atoms with Gasteiger partial charge in [0.1, 0.15) is 0 Å². The van der Waals surface area contributed by atoms with Gasteiger partial charge in [-0.2, -0.15) is 0 Å². The molecular weight excluding hydrogens is 61.9 g/mol. The Morgan fingerprint density at radius 2 is 1.00 bits per heavy atom. The van der Waals surface area contributed by atoms with E-state index in [1.54, 1.807) is 12.2 Å². The summed E-state index contributed by atoms with van der Waals surface area (Å²) >= 11 is 0. The van der Waals surface area contributed by atoms with Gasteiger partial charge in [0, 0.05) is 0 Å². The molecule has 0 aliphatic heterocycles. The van der Waals surface area contributed by atoms with Crippen LogP contribution >= 0.6 is 0 Å². The van der Waals surface area contributed by atoms with Gasteiger partial charge >= 0.3 is 37.7 Å². The maximum Gasteiger partial charge on any atom is 1.00 e. The molecule has 0 nitrogen and oxygen atoms in total. The van der Waals surface area contributed by atoms with Gasteiger partial charge < -0.3 is 26.0 Å². The summed E-state index contributed by atoms with van der Waals surface area (Å²) in [7, 11) is 0. The van der Waals surface area contributed by atoms with Crippen LogP contribution in [0.2, 0.25) is 0 Å². The Morgan fingerprint density at radius 3 is 1.00 bits per heavy atom. The minimum absolute atomic E-state index is 0. The smallest absolute Gasteiger partial charge is 0.382 e. The molecule has 0 fully saturated rings. The fourth-order valence-electron chi connectivity index (χ4n) is 0. The van der Waals surface area contributed by atoms with Crippen molar-refractivity contribution in [2.24, 2.45) is 0 Å². The van der Waals surface area contributed by atoms with E-state index in [1.165, 1.54) is 0 Å². The van der Waals surface area contributed by atoms with Crippen LogP contribution in [0.25, 0.3) is 0 Å². The molecule has 0 heterocycles. The molecule has 0 saturated heterocycles. The van der Waals surface area contributed by atoms with Gasteiger partial charge in [-0.25, -0.2) is 0 Å². The summed E-state index contributed by atoms with van der Waals surface area (Å²) in [5.41, 5.74) is 0. The Kier molecular flexibility index (Phi) is 46.0. The third-order valence-electron chi connectivity index (χ3n) is 0.167. The van der Waals surface area contributed by atoms with Crippen molar-refractivity contribution < 1.29 is 37.7 Å². The minimum Gasteiger partial charge on any atom is -0.382 e. The monoisotopic (exact) mass is 68.1 g/mol. The molecule has 24 valence electrons. The first kappa shape index (κ1) is 15.9. The molecule has 0 saturated carbocycles. The van der Waals surface area contributed by atoms with Crippen molar-refractivity contribution in [2.75, 3.05) is 0 Å². The second kappa shape index (κ2) is 17.3. The first-order valence-corrected chi connectivity index (χ1v) is 1.15. The summed E-state index contributed by atoms with van der Waals surface area (Å²) in [6, 6.07) is 0. The molecule has 0 aromatic heterocycles. The summed E-state index contributed by atoms with van der Waals surface area (Å²) in [5, 5.41) is 0. The van der Waals surface area contributed by atoms with Gasteiger partial charge in [0.25, 0.3) is 0 Å². The first-order valence-electron chi connectivity index (χ1n) is 1.15. The van der Waals surface area contributed by atoms with Crippen molar-refractivity contribution >= 4 is 0 Å². The summed E-state index contributed by atoms with van der Waals surface area (Å²) in [4.78, 5) is 0. The van der Waals surface area contributed by atoms with Crippen LogP contribution in [0, 0.1) is 13.8 Å². The fourth-order valence-corrected chi connectivity index (χ4v) is 0. The minimum atomic E-state index is 0. The molecule has 0 aliphatic rings. The molecule has 0 rings (SSSR count). The van der Waals surface area contributed by atoms with Crippen LogP contribution < -0.4 is 37.7 Å². The zero-order valence-electron chi connectivity index (χ0n) is 4.57. The SMILES string of the molecule is [CH2-]/C=C\[CH2-].[Li+].[Li+]. The van der Waals surface area contributed by atoms with E-state index in [-0.39, 0.29) is 37.7 Å². The molecule has 0 N–H and O–H groups in total. The zero-order valence-corrected chi connectivity index (χ0v) is 4.57. The van der Waals surface area contributed by atoms with Gasteiger partial charge in [-0.3, -0.25) is 0 Å². The van der Waals surface area contributed by atoms with E-state index in [4.69, 9.17) is 0 Å². The number of rotatable bonds is 0. The number of hydrogen-bond donors (Lipinski definition) is 0. The van der Waals surface area contributed by atoms with Crippen LogP contribution in [-0.4, -0.2) is 0 Å². The van der Waals surface area contributed by atoms with Crippen molar-refractivity contribution in [3.8, 4) is 0 Å². The van der Waals surface area contributed by atoms with E-state index in [0.29, 0.717) is 0 Å².